The summed E-state index contributed by atoms with van der Waals surface area (Å²) in [4.78, 5) is 11.9. The van der Waals surface area contributed by atoms with Crippen molar-refractivity contribution in [1.29, 1.82) is 0 Å². The monoisotopic (exact) mass is 441 g/mol. The van der Waals surface area contributed by atoms with Crippen molar-refractivity contribution in [1.82, 2.24) is 5.16 Å². The van der Waals surface area contributed by atoms with E-state index in [4.69, 9.17) is 23.5 Å². The van der Waals surface area contributed by atoms with Gasteiger partial charge < -0.3 is 23.5 Å². The first-order valence-corrected chi connectivity index (χ1v) is 11.8. The average molecular weight is 442 g/mol. The van der Waals surface area contributed by atoms with E-state index in [1.807, 2.05) is 38.1 Å². The number of rotatable bonds is 8. The highest BCUT2D eigenvalue weighted by atomic mass is 16.7. The molecule has 1 saturated heterocycles. The minimum Gasteiger partial charge on any atom is -0.490 e. The number of ether oxygens (including phenoxy) is 4. The van der Waals surface area contributed by atoms with E-state index < -0.39 is 0 Å². The Hall–Kier alpha value is -2.38. The van der Waals surface area contributed by atoms with Crippen LogP contribution in [0.25, 0.3) is 11.3 Å². The molecular weight excluding hydrogens is 410 g/mol. The molecule has 0 N–H and O–H groups in total. The van der Waals surface area contributed by atoms with Crippen molar-refractivity contribution in [3.8, 4) is 17.1 Å². The molecule has 3 atom stereocenters. The predicted octanol–water partition coefficient (Wildman–Crippen LogP) is 4.66. The quantitative estimate of drug-likeness (QED) is 0.551. The molecule has 32 heavy (non-hydrogen) atoms. The number of aryl methyl sites for hydroxylation is 1. The van der Waals surface area contributed by atoms with Crippen molar-refractivity contribution in [3.05, 3.63) is 35.5 Å². The van der Waals surface area contributed by atoms with Crippen molar-refractivity contribution in [2.45, 2.75) is 65.0 Å². The molecule has 2 aromatic rings. The third-order valence-electron chi connectivity index (χ3n) is 6.92. The molecule has 3 unspecified atom stereocenters. The molecule has 1 aliphatic heterocycles. The SMILES string of the molecule is CCOC(=O)C1C2CC(Oc3ccc(-c4onc(C)c4COC4CCCCO4)cc3)CC21. The Balaban J connectivity index is 1.17. The third-order valence-corrected chi connectivity index (χ3v) is 6.92. The van der Waals surface area contributed by atoms with Crippen LogP contribution in [0.5, 0.6) is 5.75 Å². The van der Waals surface area contributed by atoms with Crippen LogP contribution in [0.2, 0.25) is 0 Å². The van der Waals surface area contributed by atoms with Crippen LogP contribution in [0.3, 0.4) is 0 Å². The van der Waals surface area contributed by atoms with Gasteiger partial charge in [-0.25, -0.2) is 0 Å². The smallest absolute Gasteiger partial charge is 0.309 e. The fraction of sp³-hybridized carbons (Fsp3) is 0.600. The fourth-order valence-corrected chi connectivity index (χ4v) is 5.16. The minimum atomic E-state index is -0.150. The largest absolute Gasteiger partial charge is 0.490 e. The number of carbonyl (C=O) groups excluding carboxylic acids is 1. The maximum absolute atomic E-state index is 11.9. The second-order valence-electron chi connectivity index (χ2n) is 9.02. The summed E-state index contributed by atoms with van der Waals surface area (Å²) < 4.78 is 28.6. The zero-order valence-corrected chi connectivity index (χ0v) is 18.7. The standard InChI is InChI=1S/C25H31NO6/c1-3-28-25(27)23-19-12-18(13-20(19)23)31-17-9-7-16(8-10-17)24-21(15(2)26-32-24)14-30-22-6-4-5-11-29-22/h7-10,18-20,22-23H,3-6,11-14H2,1-2H3. The molecule has 3 aliphatic rings. The molecule has 1 aromatic heterocycles. The topological polar surface area (TPSA) is 80.0 Å². The Bertz CT molecular complexity index is 920. The Morgan fingerprint density at radius 2 is 1.94 bits per heavy atom. The summed E-state index contributed by atoms with van der Waals surface area (Å²) in [5, 5.41) is 4.15. The molecule has 0 amide bonds. The molecule has 2 heterocycles. The van der Waals surface area contributed by atoms with E-state index in [0.717, 1.165) is 67.0 Å². The van der Waals surface area contributed by atoms with E-state index in [2.05, 4.69) is 5.16 Å². The van der Waals surface area contributed by atoms with E-state index >= 15 is 0 Å². The van der Waals surface area contributed by atoms with Crippen molar-refractivity contribution in [2.75, 3.05) is 13.2 Å². The number of hydrogen-bond donors (Lipinski definition) is 0. The molecule has 3 fully saturated rings. The molecular formula is C25H31NO6. The zero-order chi connectivity index (χ0) is 22.1. The Morgan fingerprint density at radius 1 is 1.16 bits per heavy atom. The van der Waals surface area contributed by atoms with E-state index in [9.17, 15) is 4.79 Å². The van der Waals surface area contributed by atoms with Gasteiger partial charge in [0.05, 0.1) is 30.9 Å². The molecule has 5 rings (SSSR count). The summed E-state index contributed by atoms with van der Waals surface area (Å²) >= 11 is 0. The van der Waals surface area contributed by atoms with Crippen LogP contribution in [0.15, 0.2) is 28.8 Å². The Kier molecular flexibility index (Phi) is 6.20. The maximum atomic E-state index is 11.9. The normalized spacial score (nSPS) is 28.9. The number of carbonyl (C=O) groups is 1. The minimum absolute atomic E-state index is 0.0394. The van der Waals surface area contributed by atoms with Crippen molar-refractivity contribution in [3.63, 3.8) is 0 Å². The van der Waals surface area contributed by atoms with Gasteiger partial charge in [-0.15, -0.1) is 0 Å². The first kappa shape index (κ1) is 21.5. The molecule has 7 heteroatoms. The number of aromatic nitrogens is 1. The van der Waals surface area contributed by atoms with Crippen molar-refractivity contribution < 1.29 is 28.3 Å². The van der Waals surface area contributed by atoms with Gasteiger partial charge in [-0.2, -0.15) is 0 Å². The molecule has 0 radical (unpaired) electrons. The first-order valence-electron chi connectivity index (χ1n) is 11.8. The second-order valence-corrected chi connectivity index (χ2v) is 9.02. The number of fused-ring (bicyclic) bond motifs is 1. The average Bonchev–Trinajstić information content (AvgIpc) is 3.11. The van der Waals surface area contributed by atoms with Gasteiger partial charge in [-0.1, -0.05) is 5.16 Å². The van der Waals surface area contributed by atoms with Gasteiger partial charge >= 0.3 is 5.97 Å². The highest BCUT2D eigenvalue weighted by Crippen LogP contribution is 2.58. The van der Waals surface area contributed by atoms with Gasteiger partial charge in [0.15, 0.2) is 12.1 Å². The van der Waals surface area contributed by atoms with Gasteiger partial charge in [0.2, 0.25) is 0 Å². The summed E-state index contributed by atoms with van der Waals surface area (Å²) in [5.41, 5.74) is 2.73. The summed E-state index contributed by atoms with van der Waals surface area (Å²) in [6.45, 7) is 5.41. The van der Waals surface area contributed by atoms with E-state index in [1.54, 1.807) is 0 Å². The van der Waals surface area contributed by atoms with E-state index in [-0.39, 0.29) is 24.3 Å². The number of hydrogen-bond acceptors (Lipinski definition) is 7. The van der Waals surface area contributed by atoms with Crippen LogP contribution in [-0.2, 0) is 25.6 Å². The van der Waals surface area contributed by atoms with Crippen LogP contribution < -0.4 is 4.74 Å². The van der Waals surface area contributed by atoms with Gasteiger partial charge in [-0.05, 0) is 82.1 Å². The van der Waals surface area contributed by atoms with Crippen LogP contribution in [0.1, 0.15) is 50.3 Å². The fourth-order valence-electron chi connectivity index (χ4n) is 5.16. The van der Waals surface area contributed by atoms with Gasteiger partial charge in [0.1, 0.15) is 5.75 Å². The predicted molar refractivity (Wildman–Crippen MR) is 116 cm³/mol. The highest BCUT2D eigenvalue weighted by molar-refractivity contribution is 5.76. The summed E-state index contributed by atoms with van der Waals surface area (Å²) in [7, 11) is 0. The molecule has 7 nitrogen and oxygen atoms in total. The maximum Gasteiger partial charge on any atom is 0.309 e. The third kappa shape index (κ3) is 4.41. The molecule has 0 spiro atoms. The Labute approximate surface area is 188 Å². The summed E-state index contributed by atoms with van der Waals surface area (Å²) in [5.74, 6) is 2.45. The number of esters is 1. The first-order chi connectivity index (χ1) is 15.6. The molecule has 172 valence electrons. The van der Waals surface area contributed by atoms with Crippen molar-refractivity contribution in [2.24, 2.45) is 17.8 Å². The Morgan fingerprint density at radius 3 is 2.62 bits per heavy atom. The van der Waals surface area contributed by atoms with Crippen LogP contribution in [0.4, 0.5) is 0 Å². The molecule has 0 bridgehead atoms. The lowest BCUT2D eigenvalue weighted by Crippen LogP contribution is -2.22. The molecule has 2 saturated carbocycles. The molecule has 2 aliphatic carbocycles. The van der Waals surface area contributed by atoms with Gasteiger partial charge in [0, 0.05) is 17.7 Å². The van der Waals surface area contributed by atoms with Crippen LogP contribution >= 0.6 is 0 Å². The summed E-state index contributed by atoms with van der Waals surface area (Å²) in [6, 6.07) is 7.92. The van der Waals surface area contributed by atoms with E-state index in [0.29, 0.717) is 25.0 Å². The van der Waals surface area contributed by atoms with Gasteiger partial charge in [0.25, 0.3) is 0 Å². The zero-order valence-electron chi connectivity index (χ0n) is 18.7. The number of nitrogens with zero attached hydrogens (tertiary/aromatic N) is 1. The highest BCUT2D eigenvalue weighted by Gasteiger charge is 2.61. The van der Waals surface area contributed by atoms with Crippen LogP contribution in [0, 0.1) is 24.7 Å². The lowest BCUT2D eigenvalue weighted by molar-refractivity contribution is -0.168. The van der Waals surface area contributed by atoms with E-state index in [1.165, 1.54) is 0 Å². The second kappa shape index (κ2) is 9.24. The van der Waals surface area contributed by atoms with Gasteiger partial charge in [-0.3, -0.25) is 4.79 Å². The lowest BCUT2D eigenvalue weighted by atomic mass is 10.1. The molecule has 1 aromatic carbocycles. The lowest BCUT2D eigenvalue weighted by Gasteiger charge is -2.22. The number of benzene rings is 1. The van der Waals surface area contributed by atoms with Crippen molar-refractivity contribution >= 4 is 5.97 Å². The summed E-state index contributed by atoms with van der Waals surface area (Å²) in [6.07, 6.45) is 5.00. The van der Waals surface area contributed by atoms with Crippen LogP contribution in [-0.4, -0.2) is 36.7 Å².